The molecule has 0 aliphatic heterocycles. The molecule has 0 spiro atoms. The van der Waals surface area contributed by atoms with Crippen molar-refractivity contribution in [2.24, 2.45) is 0 Å². The molecule has 0 aromatic heterocycles. The molecule has 36 heavy (non-hydrogen) atoms. The minimum atomic E-state index is -4.39. The van der Waals surface area contributed by atoms with E-state index in [1.165, 1.54) is 6.07 Å². The fraction of sp³-hybridized carbons (Fsp3) is 0.462. The number of anilines is 1. The predicted octanol–water partition coefficient (Wildman–Crippen LogP) is 4.06. The summed E-state index contributed by atoms with van der Waals surface area (Å²) in [5.41, 5.74) is 1.02. The maximum absolute atomic E-state index is 14.0. The molecule has 0 bridgehead atoms. The van der Waals surface area contributed by atoms with E-state index in [-0.39, 0.29) is 16.8 Å². The standard InChI is InChI=1S/C26H34FN3O5S/c1-3-30(4-2)16-8-7-15-28-25(31)21-17-19(27)12-14-23(21)36(34,35)29-22-13-11-18-9-5-6-10-20(18)24(22)26(32)33/h11-14,17,29H,3-10,15-16H2,1-2H3,(H,28,31)(H,32,33). The first-order valence-corrected chi connectivity index (χ1v) is 13.9. The van der Waals surface area contributed by atoms with Crippen molar-refractivity contribution < 1.29 is 27.5 Å². The fourth-order valence-electron chi connectivity index (χ4n) is 4.57. The molecule has 0 atom stereocenters. The molecular weight excluding hydrogens is 485 g/mol. The Kier molecular flexibility index (Phi) is 9.44. The van der Waals surface area contributed by atoms with Crippen molar-refractivity contribution in [1.29, 1.82) is 0 Å². The number of carboxylic acids is 1. The highest BCUT2D eigenvalue weighted by Crippen LogP contribution is 2.31. The third-order valence-corrected chi connectivity index (χ3v) is 7.97. The smallest absolute Gasteiger partial charge is 0.338 e. The summed E-state index contributed by atoms with van der Waals surface area (Å²) in [6.07, 6.45) is 4.59. The molecule has 2 aromatic rings. The Morgan fingerprint density at radius 3 is 2.47 bits per heavy atom. The van der Waals surface area contributed by atoms with E-state index in [4.69, 9.17) is 0 Å². The van der Waals surface area contributed by atoms with E-state index in [2.05, 4.69) is 28.8 Å². The third-order valence-electron chi connectivity index (χ3n) is 6.55. The number of hydrogen-bond donors (Lipinski definition) is 3. The Hall–Kier alpha value is -2.98. The molecule has 3 N–H and O–H groups in total. The number of nitrogens with zero attached hydrogens (tertiary/aromatic N) is 1. The second kappa shape index (κ2) is 12.3. The normalized spacial score (nSPS) is 13.3. The van der Waals surface area contributed by atoms with Gasteiger partial charge in [0.05, 0.1) is 16.8 Å². The third kappa shape index (κ3) is 6.61. The number of carboxylic acid groups (broad SMARTS) is 1. The summed E-state index contributed by atoms with van der Waals surface area (Å²) in [6.45, 7) is 7.24. The highest BCUT2D eigenvalue weighted by molar-refractivity contribution is 7.92. The van der Waals surface area contributed by atoms with Gasteiger partial charge in [0.1, 0.15) is 10.7 Å². The van der Waals surface area contributed by atoms with Gasteiger partial charge in [-0.15, -0.1) is 0 Å². The molecule has 0 saturated heterocycles. The monoisotopic (exact) mass is 519 g/mol. The zero-order valence-corrected chi connectivity index (χ0v) is 21.6. The SMILES string of the molecule is CCN(CC)CCCCNC(=O)c1cc(F)ccc1S(=O)(=O)Nc1ccc2c(c1C(=O)O)CCCC2. The summed E-state index contributed by atoms with van der Waals surface area (Å²) in [4.78, 5) is 26.7. The Bertz CT molecular complexity index is 1210. The number of nitrogens with one attached hydrogen (secondary N) is 2. The molecule has 1 aliphatic rings. The zero-order chi connectivity index (χ0) is 26.3. The molecule has 1 aliphatic carbocycles. The lowest BCUT2D eigenvalue weighted by molar-refractivity contribution is 0.0696. The van der Waals surface area contributed by atoms with Gasteiger partial charge in [0.15, 0.2) is 0 Å². The molecule has 0 heterocycles. The Balaban J connectivity index is 1.81. The maximum atomic E-state index is 14.0. The van der Waals surface area contributed by atoms with Crippen molar-refractivity contribution in [3.63, 3.8) is 0 Å². The summed E-state index contributed by atoms with van der Waals surface area (Å²) in [5, 5.41) is 12.5. The van der Waals surface area contributed by atoms with Crippen LogP contribution in [0.15, 0.2) is 35.2 Å². The van der Waals surface area contributed by atoms with E-state index in [9.17, 15) is 27.5 Å². The predicted molar refractivity (Wildman–Crippen MR) is 137 cm³/mol. The van der Waals surface area contributed by atoms with Gasteiger partial charge in [0.25, 0.3) is 15.9 Å². The summed E-state index contributed by atoms with van der Waals surface area (Å²) >= 11 is 0. The lowest BCUT2D eigenvalue weighted by atomic mass is 9.87. The first-order chi connectivity index (χ1) is 17.2. The molecule has 0 saturated carbocycles. The number of sulfonamides is 1. The molecule has 0 radical (unpaired) electrons. The zero-order valence-electron chi connectivity index (χ0n) is 20.8. The number of halogens is 1. The van der Waals surface area contributed by atoms with Gasteiger partial charge in [-0.2, -0.15) is 0 Å². The van der Waals surface area contributed by atoms with Gasteiger partial charge in [-0.3, -0.25) is 9.52 Å². The van der Waals surface area contributed by atoms with Gasteiger partial charge < -0.3 is 15.3 Å². The van der Waals surface area contributed by atoms with Crippen LogP contribution in [0, 0.1) is 5.82 Å². The van der Waals surface area contributed by atoms with E-state index in [0.29, 0.717) is 24.9 Å². The van der Waals surface area contributed by atoms with Gasteiger partial charge >= 0.3 is 5.97 Å². The lowest BCUT2D eigenvalue weighted by Crippen LogP contribution is -2.29. The first kappa shape index (κ1) is 27.6. The number of benzene rings is 2. The molecule has 3 rings (SSSR count). The van der Waals surface area contributed by atoms with E-state index in [1.807, 2.05) is 0 Å². The average Bonchev–Trinajstić information content (AvgIpc) is 2.85. The summed E-state index contributed by atoms with van der Waals surface area (Å²) in [5.74, 6) is -2.68. The lowest BCUT2D eigenvalue weighted by Gasteiger charge is -2.21. The van der Waals surface area contributed by atoms with Crippen LogP contribution in [0.25, 0.3) is 0 Å². The molecule has 8 nitrogen and oxygen atoms in total. The minimum Gasteiger partial charge on any atom is -0.478 e. The minimum absolute atomic E-state index is 0.0739. The van der Waals surface area contributed by atoms with Gasteiger partial charge in [0.2, 0.25) is 0 Å². The summed E-state index contributed by atoms with van der Waals surface area (Å²) in [7, 11) is -4.39. The van der Waals surface area contributed by atoms with E-state index in [0.717, 1.165) is 69.1 Å². The number of aromatic carboxylic acids is 1. The van der Waals surface area contributed by atoms with Crippen molar-refractivity contribution >= 4 is 27.6 Å². The number of rotatable bonds is 12. The number of aryl methyl sites for hydroxylation is 1. The van der Waals surface area contributed by atoms with Crippen LogP contribution in [-0.2, 0) is 22.9 Å². The van der Waals surface area contributed by atoms with Crippen molar-refractivity contribution in [3.8, 4) is 0 Å². The van der Waals surface area contributed by atoms with E-state index in [1.54, 1.807) is 6.07 Å². The highest BCUT2D eigenvalue weighted by Gasteiger charge is 2.27. The fourth-order valence-corrected chi connectivity index (χ4v) is 5.83. The van der Waals surface area contributed by atoms with Crippen LogP contribution in [0.3, 0.4) is 0 Å². The number of fused-ring (bicyclic) bond motifs is 1. The van der Waals surface area contributed by atoms with Crippen LogP contribution in [0.4, 0.5) is 10.1 Å². The highest BCUT2D eigenvalue weighted by atomic mass is 32.2. The number of amides is 1. The second-order valence-electron chi connectivity index (χ2n) is 8.87. The average molecular weight is 520 g/mol. The second-order valence-corrected chi connectivity index (χ2v) is 10.5. The van der Waals surface area contributed by atoms with E-state index >= 15 is 0 Å². The van der Waals surface area contributed by atoms with Crippen LogP contribution in [-0.4, -0.2) is 56.5 Å². The number of carbonyl (C=O) groups excluding carboxylic acids is 1. The van der Waals surface area contributed by atoms with Crippen LogP contribution < -0.4 is 10.0 Å². The van der Waals surface area contributed by atoms with Gasteiger partial charge in [-0.05, 0) is 93.6 Å². The van der Waals surface area contributed by atoms with Gasteiger partial charge in [0, 0.05) is 6.54 Å². The molecule has 0 unspecified atom stereocenters. The Morgan fingerprint density at radius 2 is 1.78 bits per heavy atom. The number of unbranched alkanes of at least 4 members (excludes halogenated alkanes) is 1. The Morgan fingerprint density at radius 1 is 1.06 bits per heavy atom. The molecule has 2 aromatic carbocycles. The van der Waals surface area contributed by atoms with Crippen LogP contribution in [0.2, 0.25) is 0 Å². The van der Waals surface area contributed by atoms with Crippen LogP contribution in [0.5, 0.6) is 0 Å². The molecule has 0 fully saturated rings. The largest absolute Gasteiger partial charge is 0.478 e. The van der Waals surface area contributed by atoms with Crippen LogP contribution in [0.1, 0.15) is 71.4 Å². The first-order valence-electron chi connectivity index (χ1n) is 12.4. The molecule has 196 valence electrons. The number of hydrogen-bond acceptors (Lipinski definition) is 5. The van der Waals surface area contributed by atoms with Crippen molar-refractivity contribution in [1.82, 2.24) is 10.2 Å². The summed E-state index contributed by atoms with van der Waals surface area (Å²) in [6, 6.07) is 6.02. The van der Waals surface area contributed by atoms with Gasteiger partial charge in [-0.25, -0.2) is 17.6 Å². The molecule has 10 heteroatoms. The molecule has 1 amide bonds. The van der Waals surface area contributed by atoms with Crippen molar-refractivity contribution in [2.75, 3.05) is 30.9 Å². The van der Waals surface area contributed by atoms with Gasteiger partial charge in [-0.1, -0.05) is 19.9 Å². The quantitative estimate of drug-likeness (QED) is 0.364. The summed E-state index contributed by atoms with van der Waals surface area (Å²) < 4.78 is 42.9. The number of carbonyl (C=O) groups is 2. The maximum Gasteiger partial charge on any atom is 0.338 e. The topological polar surface area (TPSA) is 116 Å². The van der Waals surface area contributed by atoms with E-state index < -0.39 is 32.6 Å². The Labute approximate surface area is 211 Å². The van der Waals surface area contributed by atoms with Crippen LogP contribution >= 0.6 is 0 Å². The van der Waals surface area contributed by atoms with Crippen molar-refractivity contribution in [2.45, 2.75) is 57.3 Å². The van der Waals surface area contributed by atoms with Crippen molar-refractivity contribution in [3.05, 3.63) is 58.4 Å². The molecular formula is C26H34FN3O5S.